The molecule has 0 aromatic carbocycles. The second kappa shape index (κ2) is 5.99. The highest BCUT2D eigenvalue weighted by Crippen LogP contribution is 2.22. The van der Waals surface area contributed by atoms with Gasteiger partial charge in [-0.1, -0.05) is 0 Å². The van der Waals surface area contributed by atoms with E-state index >= 15 is 0 Å². The summed E-state index contributed by atoms with van der Waals surface area (Å²) >= 11 is 0. The quantitative estimate of drug-likeness (QED) is 0.632. The maximum absolute atomic E-state index is 5.72. The smallest absolute Gasteiger partial charge is 0.418 e. The monoisotopic (exact) mass is 238 g/mol. The third-order valence-electron chi connectivity index (χ3n) is 2.11. The minimum Gasteiger partial charge on any atom is -0.418 e. The maximum atomic E-state index is 5.72. The average molecular weight is 238 g/mol. The fourth-order valence-electron chi connectivity index (χ4n) is 1.43. The van der Waals surface area contributed by atoms with Crippen molar-refractivity contribution in [1.29, 1.82) is 0 Å². The van der Waals surface area contributed by atoms with Gasteiger partial charge in [0, 0.05) is 33.6 Å². The molecule has 0 aromatic rings. The molecule has 0 aromatic heterocycles. The summed E-state index contributed by atoms with van der Waals surface area (Å²) in [4.78, 5) is 0. The van der Waals surface area contributed by atoms with Gasteiger partial charge in [-0.25, -0.2) is 0 Å². The Balaban J connectivity index is 4.41. The normalized spacial score (nSPS) is 13.3. The summed E-state index contributed by atoms with van der Waals surface area (Å²) in [5, 5.41) is 0. The summed E-state index contributed by atoms with van der Waals surface area (Å²) < 4.78 is 21.8. The van der Waals surface area contributed by atoms with E-state index in [1.807, 2.05) is 6.92 Å². The molecule has 0 unspecified atom stereocenters. The van der Waals surface area contributed by atoms with Crippen LogP contribution in [0.3, 0.4) is 0 Å². The lowest BCUT2D eigenvalue weighted by Crippen LogP contribution is -2.51. The Labute approximate surface area is 89.0 Å². The van der Waals surface area contributed by atoms with Gasteiger partial charge in [0.2, 0.25) is 0 Å². The number of hydrogen-bond donors (Lipinski definition) is 0. The van der Waals surface area contributed by atoms with E-state index in [0.29, 0.717) is 0 Å². The maximum Gasteiger partial charge on any atom is 0.499 e. The third kappa shape index (κ3) is 4.20. The Hall–Kier alpha value is 0.274. The van der Waals surface area contributed by atoms with Crippen molar-refractivity contribution < 1.29 is 17.7 Å². The Kier molecular flexibility index (Phi) is 6.11. The van der Waals surface area contributed by atoms with Crippen molar-refractivity contribution in [2.45, 2.75) is 25.7 Å². The lowest BCUT2D eigenvalue weighted by atomic mass is 10.9. The fourth-order valence-corrected chi connectivity index (χ4v) is 9.02. The Morgan fingerprint density at radius 1 is 0.929 bits per heavy atom. The highest BCUT2D eigenvalue weighted by Gasteiger charge is 2.45. The second-order valence-corrected chi connectivity index (χ2v) is 11.5. The van der Waals surface area contributed by atoms with Gasteiger partial charge in [0.1, 0.15) is 0 Å². The average Bonchev–Trinajstić information content (AvgIpc) is 2.14. The highest BCUT2D eigenvalue weighted by molar-refractivity contribution is 6.85. The van der Waals surface area contributed by atoms with E-state index in [9.17, 15) is 0 Å². The molecular formula is C8H22O4Si2. The molecule has 0 aliphatic heterocycles. The van der Waals surface area contributed by atoms with Crippen LogP contribution in [0.25, 0.3) is 0 Å². The zero-order valence-electron chi connectivity index (χ0n) is 10.0. The summed E-state index contributed by atoms with van der Waals surface area (Å²) in [7, 11) is 0.735. The van der Waals surface area contributed by atoms with Crippen LogP contribution in [-0.2, 0) is 17.7 Å². The molecule has 0 aliphatic rings. The molecule has 0 saturated heterocycles. The van der Waals surface area contributed by atoms with Crippen LogP contribution in [-0.4, -0.2) is 45.1 Å². The Morgan fingerprint density at radius 3 is 1.64 bits per heavy atom. The van der Waals surface area contributed by atoms with Crippen LogP contribution in [0, 0.1) is 0 Å². The van der Waals surface area contributed by atoms with Gasteiger partial charge in [0.15, 0.2) is 8.32 Å². The Bertz CT molecular complexity index is 151. The standard InChI is InChI=1S/C8H22O4Si2/c1-7-12-13(5,6)8-14(9-2,10-3)11-4/h7-8H2,1-6H3. The number of rotatable bonds is 7. The molecule has 0 spiro atoms. The molecule has 0 bridgehead atoms. The van der Waals surface area contributed by atoms with Gasteiger partial charge in [-0.3, -0.25) is 0 Å². The van der Waals surface area contributed by atoms with Crippen molar-refractivity contribution in [2.24, 2.45) is 0 Å². The van der Waals surface area contributed by atoms with Gasteiger partial charge >= 0.3 is 8.80 Å². The number of hydrogen-bond acceptors (Lipinski definition) is 4. The summed E-state index contributed by atoms with van der Waals surface area (Å²) in [6.07, 6.45) is 0. The van der Waals surface area contributed by atoms with Gasteiger partial charge in [-0.15, -0.1) is 0 Å². The van der Waals surface area contributed by atoms with Crippen LogP contribution in [0.1, 0.15) is 6.92 Å². The Morgan fingerprint density at radius 2 is 1.36 bits per heavy atom. The van der Waals surface area contributed by atoms with E-state index in [1.165, 1.54) is 0 Å². The summed E-state index contributed by atoms with van der Waals surface area (Å²) in [5.74, 6) is 0. The SMILES string of the molecule is CCO[Si](C)(C)C[Si](OC)(OC)OC. The molecule has 4 nitrogen and oxygen atoms in total. The van der Waals surface area contributed by atoms with Crippen LogP contribution in [0.15, 0.2) is 0 Å². The first-order chi connectivity index (χ1) is 6.45. The van der Waals surface area contributed by atoms with Crippen LogP contribution < -0.4 is 0 Å². The first-order valence-corrected chi connectivity index (χ1v) is 9.79. The molecule has 0 aliphatic carbocycles. The largest absolute Gasteiger partial charge is 0.499 e. The van der Waals surface area contributed by atoms with Crippen molar-refractivity contribution in [3.8, 4) is 0 Å². The molecule has 6 heteroatoms. The zero-order chi connectivity index (χ0) is 11.2. The molecule has 0 rings (SSSR count). The van der Waals surface area contributed by atoms with E-state index in [-0.39, 0.29) is 0 Å². The van der Waals surface area contributed by atoms with Crippen LogP contribution in [0.4, 0.5) is 0 Å². The fraction of sp³-hybridized carbons (Fsp3) is 1.00. The predicted molar refractivity (Wildman–Crippen MR) is 60.7 cm³/mol. The first kappa shape index (κ1) is 14.3. The molecule has 0 atom stereocenters. The van der Waals surface area contributed by atoms with E-state index in [4.69, 9.17) is 17.7 Å². The van der Waals surface area contributed by atoms with Gasteiger partial charge < -0.3 is 17.7 Å². The lowest BCUT2D eigenvalue weighted by Gasteiger charge is -2.31. The molecule has 86 valence electrons. The van der Waals surface area contributed by atoms with E-state index in [0.717, 1.165) is 12.3 Å². The topological polar surface area (TPSA) is 36.9 Å². The van der Waals surface area contributed by atoms with Crippen LogP contribution in [0.5, 0.6) is 0 Å². The summed E-state index contributed by atoms with van der Waals surface area (Å²) in [6, 6.07) is 0. The van der Waals surface area contributed by atoms with Crippen molar-refractivity contribution in [3.63, 3.8) is 0 Å². The predicted octanol–water partition coefficient (Wildman–Crippen LogP) is 1.65. The van der Waals surface area contributed by atoms with E-state index < -0.39 is 17.1 Å². The molecule has 0 saturated carbocycles. The van der Waals surface area contributed by atoms with Gasteiger partial charge in [0.25, 0.3) is 0 Å². The summed E-state index contributed by atoms with van der Waals surface area (Å²) in [6.45, 7) is 7.04. The highest BCUT2D eigenvalue weighted by atomic mass is 28.4. The lowest BCUT2D eigenvalue weighted by molar-refractivity contribution is 0.126. The van der Waals surface area contributed by atoms with Gasteiger partial charge in [-0.05, 0) is 20.0 Å². The third-order valence-corrected chi connectivity index (χ3v) is 10.2. The van der Waals surface area contributed by atoms with Gasteiger partial charge in [-0.2, -0.15) is 0 Å². The molecule has 0 heterocycles. The summed E-state index contributed by atoms with van der Waals surface area (Å²) in [5.41, 5.74) is 0.789. The second-order valence-electron chi connectivity index (χ2n) is 3.66. The molecule has 0 fully saturated rings. The first-order valence-electron chi connectivity index (χ1n) is 4.74. The van der Waals surface area contributed by atoms with E-state index in [1.54, 1.807) is 21.3 Å². The van der Waals surface area contributed by atoms with Gasteiger partial charge in [0.05, 0.1) is 0 Å². The van der Waals surface area contributed by atoms with Crippen LogP contribution in [0.2, 0.25) is 18.8 Å². The van der Waals surface area contributed by atoms with Crippen LogP contribution >= 0.6 is 0 Å². The molecule has 0 amide bonds. The van der Waals surface area contributed by atoms with Crippen molar-refractivity contribution >= 4 is 17.1 Å². The molecular weight excluding hydrogens is 216 g/mol. The van der Waals surface area contributed by atoms with Crippen molar-refractivity contribution in [3.05, 3.63) is 0 Å². The van der Waals surface area contributed by atoms with Crippen molar-refractivity contribution in [2.75, 3.05) is 27.9 Å². The zero-order valence-corrected chi connectivity index (χ0v) is 12.0. The molecule has 14 heavy (non-hydrogen) atoms. The minimum absolute atomic E-state index is 0.737. The minimum atomic E-state index is -2.45. The van der Waals surface area contributed by atoms with Crippen molar-refractivity contribution in [1.82, 2.24) is 0 Å². The van der Waals surface area contributed by atoms with E-state index in [2.05, 4.69) is 13.1 Å². The molecule has 0 N–H and O–H groups in total. The molecule has 0 radical (unpaired) electrons.